The van der Waals surface area contributed by atoms with Crippen LogP contribution in [-0.2, 0) is 0 Å². The Morgan fingerprint density at radius 2 is 2.00 bits per heavy atom. The van der Waals surface area contributed by atoms with Gasteiger partial charge in [0.05, 0.1) is 5.69 Å². The molecule has 1 aromatic heterocycles. The zero-order valence-electron chi connectivity index (χ0n) is 10.6. The summed E-state index contributed by atoms with van der Waals surface area (Å²) in [5, 5.41) is 1.17. The summed E-state index contributed by atoms with van der Waals surface area (Å²) in [6.07, 6.45) is 1.77. The lowest BCUT2D eigenvalue weighted by atomic mass is 10.2. The largest absolute Gasteiger partial charge is 0.351 e. The van der Waals surface area contributed by atoms with Gasteiger partial charge >= 0.3 is 6.03 Å². The molecule has 0 spiro atoms. The van der Waals surface area contributed by atoms with Crippen molar-refractivity contribution in [3.63, 3.8) is 0 Å². The van der Waals surface area contributed by atoms with Crippen LogP contribution in [0.15, 0.2) is 30.5 Å². The SMILES string of the molecule is CC(C)c1cnc(N(C(N)=O)c2ccc(Cl)cc2)s1. The van der Waals surface area contributed by atoms with Crippen molar-refractivity contribution in [2.24, 2.45) is 5.73 Å². The van der Waals surface area contributed by atoms with Crippen LogP contribution >= 0.6 is 22.9 Å². The van der Waals surface area contributed by atoms with Crippen molar-refractivity contribution < 1.29 is 4.79 Å². The molecule has 0 bridgehead atoms. The van der Waals surface area contributed by atoms with Crippen LogP contribution in [0.3, 0.4) is 0 Å². The highest BCUT2D eigenvalue weighted by molar-refractivity contribution is 7.15. The molecule has 0 radical (unpaired) electrons. The first-order valence-electron chi connectivity index (χ1n) is 5.80. The van der Waals surface area contributed by atoms with Crippen LogP contribution in [0.4, 0.5) is 15.6 Å². The van der Waals surface area contributed by atoms with E-state index >= 15 is 0 Å². The average Bonchev–Trinajstić information content (AvgIpc) is 2.81. The molecule has 0 atom stereocenters. The lowest BCUT2D eigenvalue weighted by molar-refractivity contribution is 0.256. The zero-order valence-corrected chi connectivity index (χ0v) is 12.2. The second kappa shape index (κ2) is 5.59. The number of urea groups is 1. The van der Waals surface area contributed by atoms with Crippen molar-refractivity contribution in [3.8, 4) is 0 Å². The fourth-order valence-electron chi connectivity index (χ4n) is 1.57. The summed E-state index contributed by atoms with van der Waals surface area (Å²) in [5.74, 6) is 0.367. The van der Waals surface area contributed by atoms with E-state index in [4.69, 9.17) is 17.3 Å². The van der Waals surface area contributed by atoms with Crippen LogP contribution in [0.2, 0.25) is 5.02 Å². The molecule has 2 rings (SSSR count). The van der Waals surface area contributed by atoms with Gasteiger partial charge in [-0.25, -0.2) is 14.7 Å². The molecular weight excluding hydrogens is 282 g/mol. The van der Waals surface area contributed by atoms with E-state index in [9.17, 15) is 4.79 Å². The standard InChI is InChI=1S/C13H14ClN3OS/c1-8(2)11-7-16-13(19-11)17(12(15)18)10-5-3-9(14)4-6-10/h3-8H,1-2H3,(H2,15,18). The van der Waals surface area contributed by atoms with Gasteiger partial charge in [-0.3, -0.25) is 0 Å². The van der Waals surface area contributed by atoms with Gasteiger partial charge in [0.2, 0.25) is 0 Å². The molecule has 0 aliphatic heterocycles. The van der Waals surface area contributed by atoms with E-state index in [1.165, 1.54) is 16.2 Å². The number of aromatic nitrogens is 1. The number of carbonyl (C=O) groups excluding carboxylic acids is 1. The summed E-state index contributed by atoms with van der Waals surface area (Å²) < 4.78 is 0. The minimum atomic E-state index is -0.563. The Morgan fingerprint density at radius 3 is 2.47 bits per heavy atom. The molecule has 100 valence electrons. The van der Waals surface area contributed by atoms with Crippen molar-refractivity contribution in [2.45, 2.75) is 19.8 Å². The fraction of sp³-hybridized carbons (Fsp3) is 0.231. The predicted molar refractivity (Wildman–Crippen MR) is 79.4 cm³/mol. The van der Waals surface area contributed by atoms with Crippen molar-refractivity contribution in [1.82, 2.24) is 4.98 Å². The van der Waals surface area contributed by atoms with Crippen molar-refractivity contribution >= 4 is 39.8 Å². The van der Waals surface area contributed by atoms with E-state index in [-0.39, 0.29) is 0 Å². The van der Waals surface area contributed by atoms with Gasteiger partial charge in [0.1, 0.15) is 0 Å². The molecule has 0 saturated carbocycles. The molecule has 2 N–H and O–H groups in total. The number of carbonyl (C=O) groups is 1. The molecule has 4 nitrogen and oxygen atoms in total. The molecule has 6 heteroatoms. The van der Waals surface area contributed by atoms with Crippen LogP contribution in [0.1, 0.15) is 24.6 Å². The number of primary amides is 1. The van der Waals surface area contributed by atoms with E-state index in [2.05, 4.69) is 18.8 Å². The van der Waals surface area contributed by atoms with Crippen LogP contribution < -0.4 is 10.6 Å². The summed E-state index contributed by atoms with van der Waals surface area (Å²) in [6.45, 7) is 4.16. The maximum Gasteiger partial charge on any atom is 0.325 e. The fourth-order valence-corrected chi connectivity index (χ4v) is 2.64. The van der Waals surface area contributed by atoms with E-state index in [1.54, 1.807) is 30.5 Å². The Bertz CT molecular complexity index is 580. The van der Waals surface area contributed by atoms with Gasteiger partial charge in [-0.2, -0.15) is 0 Å². The van der Waals surface area contributed by atoms with Gasteiger partial charge in [0.15, 0.2) is 5.13 Å². The number of thiazole rings is 1. The maximum absolute atomic E-state index is 11.6. The summed E-state index contributed by atoms with van der Waals surface area (Å²) in [5.41, 5.74) is 6.10. The second-order valence-electron chi connectivity index (χ2n) is 4.35. The molecule has 1 heterocycles. The normalized spacial score (nSPS) is 10.7. The minimum Gasteiger partial charge on any atom is -0.351 e. The first-order chi connectivity index (χ1) is 8.99. The molecule has 2 aromatic rings. The third-order valence-corrected chi connectivity index (χ3v) is 4.11. The smallest absolute Gasteiger partial charge is 0.325 e. The zero-order chi connectivity index (χ0) is 14.0. The van der Waals surface area contributed by atoms with Gasteiger partial charge < -0.3 is 5.73 Å². The second-order valence-corrected chi connectivity index (χ2v) is 5.83. The number of halogens is 1. The number of nitrogens with two attached hydrogens (primary N) is 1. The molecular formula is C13H14ClN3OS. The highest BCUT2D eigenvalue weighted by Gasteiger charge is 2.19. The lowest BCUT2D eigenvalue weighted by Crippen LogP contribution is -2.31. The monoisotopic (exact) mass is 295 g/mol. The molecule has 1 aromatic carbocycles. The topological polar surface area (TPSA) is 59.2 Å². The minimum absolute atomic E-state index is 0.367. The van der Waals surface area contributed by atoms with E-state index < -0.39 is 6.03 Å². The third-order valence-electron chi connectivity index (χ3n) is 2.58. The number of amides is 2. The molecule has 0 saturated heterocycles. The number of nitrogens with zero attached hydrogens (tertiary/aromatic N) is 2. The maximum atomic E-state index is 11.6. The van der Waals surface area contributed by atoms with E-state index in [1.807, 2.05) is 0 Å². The van der Waals surface area contributed by atoms with Gasteiger partial charge in [-0.05, 0) is 30.2 Å². The van der Waals surface area contributed by atoms with E-state index in [0.717, 1.165) is 4.88 Å². The predicted octanol–water partition coefficient (Wildman–Crippen LogP) is 4.14. The van der Waals surface area contributed by atoms with Crippen molar-refractivity contribution in [3.05, 3.63) is 40.4 Å². The van der Waals surface area contributed by atoms with Gasteiger partial charge in [-0.1, -0.05) is 25.4 Å². The molecule has 0 unspecified atom stereocenters. The van der Waals surface area contributed by atoms with Gasteiger partial charge in [0.25, 0.3) is 0 Å². The van der Waals surface area contributed by atoms with Crippen molar-refractivity contribution in [1.29, 1.82) is 0 Å². The molecule has 19 heavy (non-hydrogen) atoms. The average molecular weight is 296 g/mol. The Labute approximate surface area is 120 Å². The Morgan fingerprint density at radius 1 is 1.37 bits per heavy atom. The Hall–Kier alpha value is -1.59. The summed E-state index contributed by atoms with van der Waals surface area (Å²) in [7, 11) is 0. The first kappa shape index (κ1) is 13.8. The summed E-state index contributed by atoms with van der Waals surface area (Å²) in [6, 6.07) is 6.34. The highest BCUT2D eigenvalue weighted by Crippen LogP contribution is 2.32. The number of anilines is 2. The lowest BCUT2D eigenvalue weighted by Gasteiger charge is -2.17. The Balaban J connectivity index is 2.39. The van der Waals surface area contributed by atoms with Crippen LogP contribution in [0.25, 0.3) is 0 Å². The van der Waals surface area contributed by atoms with Gasteiger partial charge in [0, 0.05) is 16.1 Å². The first-order valence-corrected chi connectivity index (χ1v) is 6.99. The van der Waals surface area contributed by atoms with Gasteiger partial charge in [-0.15, -0.1) is 11.3 Å². The molecule has 0 aliphatic rings. The molecule has 0 fully saturated rings. The quantitative estimate of drug-likeness (QED) is 0.925. The summed E-state index contributed by atoms with van der Waals surface area (Å²) in [4.78, 5) is 18.4. The van der Waals surface area contributed by atoms with Crippen LogP contribution in [0, 0.1) is 0 Å². The van der Waals surface area contributed by atoms with Crippen LogP contribution in [0.5, 0.6) is 0 Å². The third kappa shape index (κ3) is 3.05. The van der Waals surface area contributed by atoms with Crippen LogP contribution in [-0.4, -0.2) is 11.0 Å². The number of benzene rings is 1. The van der Waals surface area contributed by atoms with Crippen molar-refractivity contribution in [2.75, 3.05) is 4.90 Å². The molecule has 0 aliphatic carbocycles. The number of rotatable bonds is 3. The number of hydrogen-bond donors (Lipinski definition) is 1. The number of hydrogen-bond acceptors (Lipinski definition) is 3. The molecule has 2 amide bonds. The van der Waals surface area contributed by atoms with E-state index in [0.29, 0.717) is 21.8 Å². The highest BCUT2D eigenvalue weighted by atomic mass is 35.5. The summed E-state index contributed by atoms with van der Waals surface area (Å²) >= 11 is 7.30. The Kier molecular flexibility index (Phi) is 4.07.